The predicted molar refractivity (Wildman–Crippen MR) is 94.7 cm³/mol. The summed E-state index contributed by atoms with van der Waals surface area (Å²) in [5.74, 6) is 0.771. The van der Waals surface area contributed by atoms with Crippen molar-refractivity contribution in [3.05, 3.63) is 29.8 Å². The average molecular weight is 315 g/mol. The van der Waals surface area contributed by atoms with Crippen LogP contribution in [0.25, 0.3) is 0 Å². The molecule has 0 unspecified atom stereocenters. The highest BCUT2D eigenvalue weighted by molar-refractivity contribution is 5.96. The highest BCUT2D eigenvalue weighted by Crippen LogP contribution is 2.42. The van der Waals surface area contributed by atoms with Crippen LogP contribution in [0.5, 0.6) is 0 Å². The third kappa shape index (κ3) is 3.45. The molecule has 1 amide bonds. The first-order chi connectivity index (χ1) is 11.0. The lowest BCUT2D eigenvalue weighted by Crippen LogP contribution is -2.92. The number of fused-ring (bicyclic) bond motifs is 1. The molecule has 3 heteroatoms. The number of nitrogens with zero attached hydrogens (tertiary/aromatic N) is 1. The fourth-order valence-corrected chi connectivity index (χ4v) is 4.59. The Labute approximate surface area is 140 Å². The molecular weight excluding hydrogens is 284 g/mol. The zero-order chi connectivity index (χ0) is 16.4. The van der Waals surface area contributed by atoms with Crippen molar-refractivity contribution in [1.82, 2.24) is 0 Å². The van der Waals surface area contributed by atoms with Crippen LogP contribution in [0, 0.1) is 0 Å². The number of carbonyl (C=O) groups excluding carboxylic acids is 1. The van der Waals surface area contributed by atoms with Gasteiger partial charge in [-0.3, -0.25) is 4.79 Å². The summed E-state index contributed by atoms with van der Waals surface area (Å²) < 4.78 is 0. The molecule has 23 heavy (non-hydrogen) atoms. The standard InChI is InChI=1S/C20H30N2O/c1-15-13-20(2,3)22(18-12-8-7-11-17(15)18)19(23)14-21-16-9-5-4-6-10-16/h7-8,11-12,15-16,21H,4-6,9-10,13-14H2,1-3H3/p+1/t15-/m1/s1. The van der Waals surface area contributed by atoms with E-state index >= 15 is 0 Å². The van der Waals surface area contributed by atoms with E-state index in [4.69, 9.17) is 0 Å². The van der Waals surface area contributed by atoms with Crippen molar-refractivity contribution in [3.8, 4) is 0 Å². The molecule has 0 bridgehead atoms. The van der Waals surface area contributed by atoms with Crippen molar-refractivity contribution < 1.29 is 10.1 Å². The van der Waals surface area contributed by atoms with Crippen LogP contribution >= 0.6 is 0 Å². The van der Waals surface area contributed by atoms with E-state index in [1.807, 2.05) is 0 Å². The van der Waals surface area contributed by atoms with Gasteiger partial charge in [-0.2, -0.15) is 0 Å². The van der Waals surface area contributed by atoms with Gasteiger partial charge in [-0.25, -0.2) is 0 Å². The van der Waals surface area contributed by atoms with E-state index < -0.39 is 0 Å². The molecule has 1 aliphatic heterocycles. The van der Waals surface area contributed by atoms with Crippen molar-refractivity contribution in [1.29, 1.82) is 0 Å². The molecule has 1 saturated carbocycles. The molecule has 2 aliphatic rings. The van der Waals surface area contributed by atoms with Crippen molar-refractivity contribution in [2.45, 2.75) is 76.8 Å². The molecule has 126 valence electrons. The monoisotopic (exact) mass is 315 g/mol. The molecule has 0 radical (unpaired) electrons. The van der Waals surface area contributed by atoms with Crippen LogP contribution in [0.2, 0.25) is 0 Å². The Bertz CT molecular complexity index is 561. The number of benzene rings is 1. The molecule has 2 N–H and O–H groups in total. The highest BCUT2D eigenvalue weighted by Gasteiger charge is 2.40. The second kappa shape index (κ2) is 6.64. The Balaban J connectivity index is 1.76. The Morgan fingerprint density at radius 3 is 2.65 bits per heavy atom. The van der Waals surface area contributed by atoms with Gasteiger partial charge < -0.3 is 10.2 Å². The Hall–Kier alpha value is -1.35. The summed E-state index contributed by atoms with van der Waals surface area (Å²) in [7, 11) is 0. The van der Waals surface area contributed by atoms with Gasteiger partial charge >= 0.3 is 0 Å². The number of anilines is 1. The largest absolute Gasteiger partial charge is 0.336 e. The van der Waals surface area contributed by atoms with Crippen molar-refractivity contribution in [2.75, 3.05) is 11.4 Å². The molecule has 0 aromatic heterocycles. The van der Waals surface area contributed by atoms with E-state index in [1.54, 1.807) is 0 Å². The molecule has 1 atom stereocenters. The summed E-state index contributed by atoms with van der Waals surface area (Å²) in [6.45, 7) is 7.27. The van der Waals surface area contributed by atoms with Crippen LogP contribution in [0.1, 0.15) is 70.8 Å². The van der Waals surface area contributed by atoms with Crippen LogP contribution in [-0.4, -0.2) is 24.0 Å². The zero-order valence-electron chi connectivity index (χ0n) is 14.8. The molecule has 1 heterocycles. The highest BCUT2D eigenvalue weighted by atomic mass is 16.2. The van der Waals surface area contributed by atoms with Crippen molar-refractivity contribution in [2.24, 2.45) is 0 Å². The molecule has 0 spiro atoms. The molecule has 3 rings (SSSR count). The van der Waals surface area contributed by atoms with Gasteiger partial charge in [0.15, 0.2) is 6.54 Å². The summed E-state index contributed by atoms with van der Waals surface area (Å²) in [6, 6.07) is 9.09. The van der Waals surface area contributed by atoms with Gasteiger partial charge in [-0.1, -0.05) is 31.5 Å². The maximum atomic E-state index is 13.0. The van der Waals surface area contributed by atoms with E-state index in [9.17, 15) is 4.79 Å². The Morgan fingerprint density at radius 2 is 1.91 bits per heavy atom. The number of rotatable bonds is 3. The zero-order valence-corrected chi connectivity index (χ0v) is 14.8. The molecule has 1 aromatic rings. The van der Waals surface area contributed by atoms with Gasteiger partial charge in [0.1, 0.15) is 0 Å². The SMILES string of the molecule is C[C@@H]1CC(C)(C)N(C(=O)C[NH2+]C2CCCCC2)c2ccccc21. The van der Waals surface area contributed by atoms with Gasteiger partial charge in [0, 0.05) is 11.2 Å². The van der Waals surface area contributed by atoms with Crippen LogP contribution in [0.3, 0.4) is 0 Å². The summed E-state index contributed by atoms with van der Waals surface area (Å²) in [5, 5.41) is 2.29. The fourth-order valence-electron chi connectivity index (χ4n) is 4.59. The fraction of sp³-hybridized carbons (Fsp3) is 0.650. The van der Waals surface area contributed by atoms with Crippen LogP contribution < -0.4 is 10.2 Å². The lowest BCUT2D eigenvalue weighted by Gasteiger charge is -2.45. The molecule has 1 fully saturated rings. The minimum Gasteiger partial charge on any atom is -0.336 e. The van der Waals surface area contributed by atoms with E-state index in [0.29, 0.717) is 18.5 Å². The van der Waals surface area contributed by atoms with Gasteiger partial charge in [0.25, 0.3) is 5.91 Å². The third-order valence-electron chi connectivity index (χ3n) is 5.64. The topological polar surface area (TPSA) is 36.9 Å². The Morgan fingerprint density at radius 1 is 1.22 bits per heavy atom. The van der Waals surface area contributed by atoms with Gasteiger partial charge in [-0.05, 0) is 63.5 Å². The van der Waals surface area contributed by atoms with Crippen molar-refractivity contribution >= 4 is 11.6 Å². The average Bonchev–Trinajstić information content (AvgIpc) is 2.53. The number of quaternary nitrogens is 1. The second-order valence-corrected chi connectivity index (χ2v) is 8.04. The smallest absolute Gasteiger partial charge is 0.282 e. The Kier molecular flexibility index (Phi) is 4.77. The maximum Gasteiger partial charge on any atom is 0.282 e. The van der Waals surface area contributed by atoms with Crippen molar-refractivity contribution in [3.63, 3.8) is 0 Å². The number of hydrogen-bond acceptors (Lipinski definition) is 1. The summed E-state index contributed by atoms with van der Waals surface area (Å²) in [6.07, 6.45) is 7.58. The second-order valence-electron chi connectivity index (χ2n) is 8.04. The summed E-state index contributed by atoms with van der Waals surface area (Å²) in [5.41, 5.74) is 2.33. The molecule has 1 aromatic carbocycles. The molecular formula is C20H31N2O+. The first-order valence-electron chi connectivity index (χ1n) is 9.24. The van der Waals surface area contributed by atoms with Crippen LogP contribution in [-0.2, 0) is 4.79 Å². The lowest BCUT2D eigenvalue weighted by molar-refractivity contribution is -0.681. The van der Waals surface area contributed by atoms with Crippen LogP contribution in [0.15, 0.2) is 24.3 Å². The first kappa shape index (κ1) is 16.5. The van der Waals surface area contributed by atoms with Gasteiger partial charge in [0.2, 0.25) is 0 Å². The quantitative estimate of drug-likeness (QED) is 0.914. The van der Waals surface area contributed by atoms with Crippen LogP contribution in [0.4, 0.5) is 5.69 Å². The normalized spacial score (nSPS) is 24.3. The van der Waals surface area contributed by atoms with E-state index in [-0.39, 0.29) is 11.4 Å². The van der Waals surface area contributed by atoms with E-state index in [2.05, 4.69) is 55.3 Å². The number of carbonyl (C=O) groups is 1. The van der Waals surface area contributed by atoms with E-state index in [1.165, 1.54) is 37.7 Å². The number of hydrogen-bond donors (Lipinski definition) is 1. The molecule has 3 nitrogen and oxygen atoms in total. The maximum absolute atomic E-state index is 13.0. The minimum atomic E-state index is -0.106. The van der Waals surface area contributed by atoms with Gasteiger partial charge in [0.05, 0.1) is 6.04 Å². The number of amides is 1. The summed E-state index contributed by atoms with van der Waals surface area (Å²) in [4.78, 5) is 15.1. The molecule has 1 aliphatic carbocycles. The van der Waals surface area contributed by atoms with Gasteiger partial charge in [-0.15, -0.1) is 0 Å². The van der Waals surface area contributed by atoms with E-state index in [0.717, 1.165) is 12.1 Å². The lowest BCUT2D eigenvalue weighted by atomic mass is 9.80. The number of nitrogens with two attached hydrogens (primary N) is 1. The molecule has 0 saturated heterocycles. The third-order valence-corrected chi connectivity index (χ3v) is 5.64. The predicted octanol–water partition coefficient (Wildman–Crippen LogP) is 3.20. The number of para-hydroxylation sites is 1. The summed E-state index contributed by atoms with van der Waals surface area (Å²) >= 11 is 0. The first-order valence-corrected chi connectivity index (χ1v) is 9.24. The minimum absolute atomic E-state index is 0.106.